The van der Waals surface area contributed by atoms with Crippen LogP contribution >= 0.6 is 0 Å². The molecular weight excluding hydrogens is 202 g/mol. The smallest absolute Gasteiger partial charge is 0.323 e. The standard InChI is InChI=1S/C13H27NO2/c1-8(2)10(9(3)4)11(14)12(15)16-13(5,6)7/h8-11H,14H2,1-7H3. The number of hydrogen-bond acceptors (Lipinski definition) is 3. The molecule has 0 aromatic carbocycles. The zero-order valence-electron chi connectivity index (χ0n) is 11.7. The van der Waals surface area contributed by atoms with Crippen molar-refractivity contribution >= 4 is 5.97 Å². The van der Waals surface area contributed by atoms with E-state index in [1.165, 1.54) is 0 Å². The maximum atomic E-state index is 11.9. The second-order valence-corrected chi connectivity index (χ2v) is 6.12. The maximum absolute atomic E-state index is 11.9. The van der Waals surface area contributed by atoms with Gasteiger partial charge in [-0.2, -0.15) is 0 Å². The Bertz CT molecular complexity index is 221. The average molecular weight is 229 g/mol. The first-order valence-electron chi connectivity index (χ1n) is 6.04. The van der Waals surface area contributed by atoms with Gasteiger partial charge >= 0.3 is 5.97 Å². The molecule has 3 heteroatoms. The van der Waals surface area contributed by atoms with Crippen LogP contribution in [0.1, 0.15) is 48.5 Å². The summed E-state index contributed by atoms with van der Waals surface area (Å²) in [6.45, 7) is 13.9. The van der Waals surface area contributed by atoms with E-state index in [0.29, 0.717) is 11.8 Å². The van der Waals surface area contributed by atoms with E-state index in [-0.39, 0.29) is 11.9 Å². The van der Waals surface area contributed by atoms with Gasteiger partial charge < -0.3 is 10.5 Å². The lowest BCUT2D eigenvalue weighted by atomic mass is 9.80. The Morgan fingerprint density at radius 1 is 1.06 bits per heavy atom. The fourth-order valence-corrected chi connectivity index (χ4v) is 2.13. The normalized spacial score (nSPS) is 14.7. The molecule has 0 aromatic heterocycles. The van der Waals surface area contributed by atoms with Crippen molar-refractivity contribution in [3.63, 3.8) is 0 Å². The fourth-order valence-electron chi connectivity index (χ4n) is 2.13. The van der Waals surface area contributed by atoms with Crippen LogP contribution in [0.2, 0.25) is 0 Å². The van der Waals surface area contributed by atoms with E-state index in [9.17, 15) is 4.79 Å². The van der Waals surface area contributed by atoms with E-state index in [0.717, 1.165) is 0 Å². The minimum absolute atomic E-state index is 0.162. The summed E-state index contributed by atoms with van der Waals surface area (Å²) < 4.78 is 5.32. The molecule has 0 bridgehead atoms. The van der Waals surface area contributed by atoms with E-state index in [1.807, 2.05) is 20.8 Å². The summed E-state index contributed by atoms with van der Waals surface area (Å²) >= 11 is 0. The summed E-state index contributed by atoms with van der Waals surface area (Å²) in [6.07, 6.45) is 0. The molecule has 0 fully saturated rings. The third-order valence-corrected chi connectivity index (χ3v) is 2.63. The van der Waals surface area contributed by atoms with Crippen LogP contribution in [0.4, 0.5) is 0 Å². The number of esters is 1. The molecule has 0 aliphatic carbocycles. The van der Waals surface area contributed by atoms with Crippen LogP contribution in [0.3, 0.4) is 0 Å². The Morgan fingerprint density at radius 3 is 1.69 bits per heavy atom. The third-order valence-electron chi connectivity index (χ3n) is 2.63. The van der Waals surface area contributed by atoms with Gasteiger partial charge in [0, 0.05) is 0 Å². The van der Waals surface area contributed by atoms with Crippen LogP contribution in [-0.2, 0) is 9.53 Å². The van der Waals surface area contributed by atoms with Crippen molar-refractivity contribution in [2.45, 2.75) is 60.1 Å². The van der Waals surface area contributed by atoms with E-state index >= 15 is 0 Å². The minimum atomic E-state index is -0.528. The van der Waals surface area contributed by atoms with Gasteiger partial charge in [-0.25, -0.2) is 0 Å². The summed E-state index contributed by atoms with van der Waals surface area (Å²) in [7, 11) is 0. The molecule has 0 saturated heterocycles. The van der Waals surface area contributed by atoms with E-state index in [4.69, 9.17) is 10.5 Å². The molecular formula is C13H27NO2. The van der Waals surface area contributed by atoms with Gasteiger partial charge in [-0.1, -0.05) is 27.7 Å². The molecule has 0 aliphatic rings. The molecule has 0 heterocycles. The lowest BCUT2D eigenvalue weighted by Crippen LogP contribution is -2.46. The SMILES string of the molecule is CC(C)C(C(C)C)C(N)C(=O)OC(C)(C)C. The topological polar surface area (TPSA) is 52.3 Å². The van der Waals surface area contributed by atoms with Gasteiger partial charge in [0.25, 0.3) is 0 Å². The summed E-state index contributed by atoms with van der Waals surface area (Å²) in [6, 6.07) is -0.528. The molecule has 0 aliphatic heterocycles. The first-order chi connectivity index (χ1) is 7.06. The van der Waals surface area contributed by atoms with Gasteiger partial charge in [0.15, 0.2) is 0 Å². The number of carbonyl (C=O) groups excluding carboxylic acids is 1. The fraction of sp³-hybridized carbons (Fsp3) is 0.923. The highest BCUT2D eigenvalue weighted by atomic mass is 16.6. The van der Waals surface area contributed by atoms with Crippen molar-refractivity contribution in [3.05, 3.63) is 0 Å². The van der Waals surface area contributed by atoms with Crippen LogP contribution in [0.25, 0.3) is 0 Å². The second-order valence-electron chi connectivity index (χ2n) is 6.12. The molecule has 16 heavy (non-hydrogen) atoms. The second kappa shape index (κ2) is 5.67. The zero-order valence-corrected chi connectivity index (χ0v) is 11.7. The predicted octanol–water partition coefficient (Wildman–Crippen LogP) is 2.58. The number of nitrogens with two attached hydrogens (primary N) is 1. The van der Waals surface area contributed by atoms with Gasteiger partial charge in [-0.15, -0.1) is 0 Å². The molecule has 0 amide bonds. The van der Waals surface area contributed by atoms with Gasteiger partial charge in [-0.3, -0.25) is 4.79 Å². The summed E-state index contributed by atoms with van der Waals surface area (Å²) in [5.74, 6) is 0.625. The van der Waals surface area contributed by atoms with Crippen molar-refractivity contribution in [1.82, 2.24) is 0 Å². The van der Waals surface area contributed by atoms with E-state index in [1.54, 1.807) is 0 Å². The molecule has 0 radical (unpaired) electrons. The zero-order chi connectivity index (χ0) is 13.1. The molecule has 96 valence electrons. The number of carbonyl (C=O) groups is 1. The van der Waals surface area contributed by atoms with Gasteiger partial charge in [0.2, 0.25) is 0 Å². The van der Waals surface area contributed by atoms with E-state index in [2.05, 4.69) is 27.7 Å². The molecule has 2 N–H and O–H groups in total. The number of hydrogen-bond donors (Lipinski definition) is 1. The maximum Gasteiger partial charge on any atom is 0.323 e. The molecule has 1 unspecified atom stereocenters. The van der Waals surface area contributed by atoms with E-state index < -0.39 is 11.6 Å². The first kappa shape index (κ1) is 15.4. The van der Waals surface area contributed by atoms with Crippen molar-refractivity contribution < 1.29 is 9.53 Å². The van der Waals surface area contributed by atoms with Gasteiger partial charge in [-0.05, 0) is 38.5 Å². The molecule has 0 spiro atoms. The lowest BCUT2D eigenvalue weighted by Gasteiger charge is -2.31. The largest absolute Gasteiger partial charge is 0.459 e. The minimum Gasteiger partial charge on any atom is -0.459 e. The summed E-state index contributed by atoms with van der Waals surface area (Å²) in [4.78, 5) is 11.9. The number of ether oxygens (including phenoxy) is 1. The quantitative estimate of drug-likeness (QED) is 0.754. The Labute approximate surface area is 99.7 Å². The highest BCUT2D eigenvalue weighted by Crippen LogP contribution is 2.24. The first-order valence-corrected chi connectivity index (χ1v) is 6.04. The Hall–Kier alpha value is -0.570. The molecule has 0 rings (SSSR count). The van der Waals surface area contributed by atoms with Crippen molar-refractivity contribution in [1.29, 1.82) is 0 Å². The van der Waals surface area contributed by atoms with Crippen LogP contribution < -0.4 is 5.73 Å². The predicted molar refractivity (Wildman–Crippen MR) is 67.0 cm³/mol. The molecule has 3 nitrogen and oxygen atoms in total. The van der Waals surface area contributed by atoms with Crippen molar-refractivity contribution in [2.24, 2.45) is 23.5 Å². The molecule has 0 saturated carbocycles. The summed E-state index contributed by atoms with van der Waals surface area (Å²) in [5.41, 5.74) is 5.53. The van der Waals surface area contributed by atoms with Crippen LogP contribution in [-0.4, -0.2) is 17.6 Å². The molecule has 1 atom stereocenters. The highest BCUT2D eigenvalue weighted by molar-refractivity contribution is 5.76. The lowest BCUT2D eigenvalue weighted by molar-refractivity contribution is -0.159. The van der Waals surface area contributed by atoms with Crippen LogP contribution in [0.15, 0.2) is 0 Å². The van der Waals surface area contributed by atoms with Gasteiger partial charge in [0.1, 0.15) is 11.6 Å². The Morgan fingerprint density at radius 2 is 1.44 bits per heavy atom. The van der Waals surface area contributed by atoms with Crippen molar-refractivity contribution in [2.75, 3.05) is 0 Å². The summed E-state index contributed by atoms with van der Waals surface area (Å²) in [5, 5.41) is 0. The third kappa shape index (κ3) is 4.97. The Kier molecular flexibility index (Phi) is 5.47. The van der Waals surface area contributed by atoms with Gasteiger partial charge in [0.05, 0.1) is 0 Å². The van der Waals surface area contributed by atoms with Crippen LogP contribution in [0.5, 0.6) is 0 Å². The van der Waals surface area contributed by atoms with Crippen molar-refractivity contribution in [3.8, 4) is 0 Å². The van der Waals surface area contributed by atoms with Crippen LogP contribution in [0, 0.1) is 17.8 Å². The number of rotatable bonds is 4. The Balaban J connectivity index is 4.63. The molecule has 0 aromatic rings. The average Bonchev–Trinajstić information content (AvgIpc) is 1.98. The monoisotopic (exact) mass is 229 g/mol. The highest BCUT2D eigenvalue weighted by Gasteiger charge is 2.32.